The highest BCUT2D eigenvalue weighted by molar-refractivity contribution is 5.95. The average molecular weight is 319 g/mol. The summed E-state index contributed by atoms with van der Waals surface area (Å²) in [6.45, 7) is 7.52. The number of hydrogen-bond acceptors (Lipinski definition) is 3. The van der Waals surface area contributed by atoms with Crippen molar-refractivity contribution < 1.29 is 14.3 Å². The maximum atomic E-state index is 12.7. The number of nitrogens with zero attached hydrogens (tertiary/aromatic N) is 1. The van der Waals surface area contributed by atoms with Crippen LogP contribution in [0.4, 0.5) is 0 Å². The molecule has 0 N–H and O–H groups in total. The molecule has 1 fully saturated rings. The molecule has 1 atom stereocenters. The predicted molar refractivity (Wildman–Crippen MR) is 92.3 cm³/mol. The molecule has 1 amide bonds. The Morgan fingerprint density at radius 3 is 2.35 bits per heavy atom. The summed E-state index contributed by atoms with van der Waals surface area (Å²) in [5.41, 5.74) is 0.662. The van der Waals surface area contributed by atoms with Gasteiger partial charge in [-0.15, -0.1) is 0 Å². The van der Waals surface area contributed by atoms with E-state index in [0.29, 0.717) is 36.5 Å². The fourth-order valence-corrected chi connectivity index (χ4v) is 2.58. The Morgan fingerprint density at radius 1 is 1.17 bits per heavy atom. The van der Waals surface area contributed by atoms with Crippen LogP contribution in [-0.2, 0) is 0 Å². The minimum atomic E-state index is 0.0489. The lowest BCUT2D eigenvalue weighted by Crippen LogP contribution is -2.36. The third-order valence-corrected chi connectivity index (χ3v) is 4.35. The molecule has 0 aromatic heterocycles. The highest BCUT2D eigenvalue weighted by atomic mass is 16.5. The molecule has 0 heterocycles. The zero-order valence-electron chi connectivity index (χ0n) is 14.8. The molecule has 0 aliphatic heterocycles. The van der Waals surface area contributed by atoms with E-state index in [1.807, 2.05) is 30.1 Å². The molecule has 0 spiro atoms. The van der Waals surface area contributed by atoms with E-state index >= 15 is 0 Å². The monoisotopic (exact) mass is 319 g/mol. The van der Waals surface area contributed by atoms with Gasteiger partial charge in [0.2, 0.25) is 0 Å². The first-order valence-electron chi connectivity index (χ1n) is 8.75. The minimum absolute atomic E-state index is 0.0489. The number of ether oxygens (including phenoxy) is 2. The summed E-state index contributed by atoms with van der Waals surface area (Å²) >= 11 is 0. The lowest BCUT2D eigenvalue weighted by atomic mass is 10.1. The van der Waals surface area contributed by atoms with Crippen LogP contribution >= 0.6 is 0 Å². The van der Waals surface area contributed by atoms with E-state index in [2.05, 4.69) is 20.8 Å². The van der Waals surface area contributed by atoms with Crippen LogP contribution in [0.2, 0.25) is 0 Å². The van der Waals surface area contributed by atoms with E-state index in [1.54, 1.807) is 0 Å². The molecule has 1 saturated carbocycles. The molecule has 23 heavy (non-hydrogen) atoms. The number of amides is 1. The Morgan fingerprint density at radius 2 is 1.78 bits per heavy atom. The third kappa shape index (κ3) is 4.63. The average Bonchev–Trinajstić information content (AvgIpc) is 3.41. The van der Waals surface area contributed by atoms with E-state index in [-0.39, 0.29) is 5.91 Å². The van der Waals surface area contributed by atoms with E-state index < -0.39 is 0 Å². The normalized spacial score (nSPS) is 15.1. The zero-order chi connectivity index (χ0) is 16.8. The largest absolute Gasteiger partial charge is 0.490 e. The SMILES string of the molecule is CCCOc1ccc(C(=O)N(C)C(C)C2CC2)cc1OCCC. The molecule has 4 nitrogen and oxygen atoms in total. The fourth-order valence-electron chi connectivity index (χ4n) is 2.58. The van der Waals surface area contributed by atoms with Crippen molar-refractivity contribution in [1.29, 1.82) is 0 Å². The van der Waals surface area contributed by atoms with Gasteiger partial charge in [-0.05, 0) is 56.7 Å². The quantitative estimate of drug-likeness (QED) is 0.687. The number of benzene rings is 1. The molecule has 1 aromatic carbocycles. The number of carbonyl (C=O) groups is 1. The summed E-state index contributed by atoms with van der Waals surface area (Å²) in [7, 11) is 1.89. The van der Waals surface area contributed by atoms with Crippen LogP contribution in [-0.4, -0.2) is 37.1 Å². The van der Waals surface area contributed by atoms with Gasteiger partial charge in [-0.3, -0.25) is 4.79 Å². The van der Waals surface area contributed by atoms with Crippen molar-refractivity contribution in [1.82, 2.24) is 4.90 Å². The van der Waals surface area contributed by atoms with Crippen LogP contribution < -0.4 is 9.47 Å². The van der Waals surface area contributed by atoms with Gasteiger partial charge >= 0.3 is 0 Å². The zero-order valence-corrected chi connectivity index (χ0v) is 14.8. The summed E-state index contributed by atoms with van der Waals surface area (Å²) in [6.07, 6.45) is 4.32. The summed E-state index contributed by atoms with van der Waals surface area (Å²) in [5, 5.41) is 0. The number of rotatable bonds is 9. The molecule has 128 valence electrons. The molecule has 0 bridgehead atoms. The van der Waals surface area contributed by atoms with Gasteiger partial charge < -0.3 is 14.4 Å². The van der Waals surface area contributed by atoms with Gasteiger partial charge in [0.15, 0.2) is 11.5 Å². The molecular weight excluding hydrogens is 290 g/mol. The maximum absolute atomic E-state index is 12.7. The molecular formula is C19H29NO3. The molecule has 2 rings (SSSR count). The lowest BCUT2D eigenvalue weighted by molar-refractivity contribution is 0.0726. The highest BCUT2D eigenvalue weighted by Crippen LogP contribution is 2.35. The Labute approximate surface area is 139 Å². The van der Waals surface area contributed by atoms with Crippen LogP contribution in [0.25, 0.3) is 0 Å². The van der Waals surface area contributed by atoms with E-state index in [1.165, 1.54) is 12.8 Å². The van der Waals surface area contributed by atoms with Crippen LogP contribution in [0, 0.1) is 5.92 Å². The third-order valence-electron chi connectivity index (χ3n) is 4.35. The van der Waals surface area contributed by atoms with Crippen molar-refractivity contribution in [2.45, 2.75) is 52.5 Å². The second-order valence-corrected chi connectivity index (χ2v) is 6.35. The molecule has 1 aliphatic carbocycles. The topological polar surface area (TPSA) is 38.8 Å². The highest BCUT2D eigenvalue weighted by Gasteiger charge is 2.32. The Hall–Kier alpha value is -1.71. The van der Waals surface area contributed by atoms with E-state index in [4.69, 9.17) is 9.47 Å². The van der Waals surface area contributed by atoms with Crippen molar-refractivity contribution in [3.05, 3.63) is 23.8 Å². The van der Waals surface area contributed by atoms with Gasteiger partial charge in [0.05, 0.1) is 13.2 Å². The Kier molecular flexibility index (Phi) is 6.31. The van der Waals surface area contributed by atoms with Gasteiger partial charge in [-0.1, -0.05) is 13.8 Å². The Bertz CT molecular complexity index is 525. The number of hydrogen-bond donors (Lipinski definition) is 0. The molecule has 0 saturated heterocycles. The van der Waals surface area contributed by atoms with Crippen molar-refractivity contribution in [3.8, 4) is 11.5 Å². The van der Waals surface area contributed by atoms with Crippen molar-refractivity contribution in [3.63, 3.8) is 0 Å². The smallest absolute Gasteiger partial charge is 0.253 e. The second-order valence-electron chi connectivity index (χ2n) is 6.35. The van der Waals surface area contributed by atoms with Crippen LogP contribution in [0.5, 0.6) is 11.5 Å². The first kappa shape index (κ1) is 17.6. The summed E-state index contributed by atoms with van der Waals surface area (Å²) in [6, 6.07) is 5.80. The first-order valence-corrected chi connectivity index (χ1v) is 8.75. The summed E-state index contributed by atoms with van der Waals surface area (Å²) in [4.78, 5) is 14.5. The second kappa shape index (κ2) is 8.23. The maximum Gasteiger partial charge on any atom is 0.253 e. The van der Waals surface area contributed by atoms with Crippen molar-refractivity contribution in [2.75, 3.05) is 20.3 Å². The molecule has 4 heteroatoms. The fraction of sp³-hybridized carbons (Fsp3) is 0.632. The van der Waals surface area contributed by atoms with Crippen molar-refractivity contribution in [2.24, 2.45) is 5.92 Å². The molecule has 1 aliphatic rings. The van der Waals surface area contributed by atoms with Gasteiger partial charge in [-0.2, -0.15) is 0 Å². The summed E-state index contributed by atoms with van der Waals surface area (Å²) < 4.78 is 11.5. The van der Waals surface area contributed by atoms with Gasteiger partial charge in [-0.25, -0.2) is 0 Å². The molecule has 1 aromatic rings. The van der Waals surface area contributed by atoms with Gasteiger partial charge in [0, 0.05) is 18.7 Å². The lowest BCUT2D eigenvalue weighted by Gasteiger charge is -2.25. The van der Waals surface area contributed by atoms with Crippen LogP contribution in [0.15, 0.2) is 18.2 Å². The van der Waals surface area contributed by atoms with Crippen molar-refractivity contribution >= 4 is 5.91 Å². The van der Waals surface area contributed by atoms with E-state index in [0.717, 1.165) is 18.6 Å². The minimum Gasteiger partial charge on any atom is -0.490 e. The van der Waals surface area contributed by atoms with Gasteiger partial charge in [0.25, 0.3) is 5.91 Å². The van der Waals surface area contributed by atoms with Crippen LogP contribution in [0.1, 0.15) is 56.8 Å². The number of carbonyl (C=O) groups excluding carboxylic acids is 1. The molecule has 0 radical (unpaired) electrons. The predicted octanol–water partition coefficient (Wildman–Crippen LogP) is 4.13. The molecule has 1 unspecified atom stereocenters. The van der Waals surface area contributed by atoms with Gasteiger partial charge in [0.1, 0.15) is 0 Å². The summed E-state index contributed by atoms with van der Waals surface area (Å²) in [5.74, 6) is 2.09. The van der Waals surface area contributed by atoms with E-state index in [9.17, 15) is 4.79 Å². The van der Waals surface area contributed by atoms with Crippen LogP contribution in [0.3, 0.4) is 0 Å². The Balaban J connectivity index is 2.15. The first-order chi connectivity index (χ1) is 11.1. The standard InChI is InChI=1S/C19H29NO3/c1-5-11-22-17-10-9-16(13-18(17)23-12-6-2)19(21)20(4)14(3)15-7-8-15/h9-10,13-15H,5-8,11-12H2,1-4H3.